The lowest BCUT2D eigenvalue weighted by Crippen LogP contribution is -2.46. The molecule has 1 saturated carbocycles. The van der Waals surface area contributed by atoms with Crippen molar-refractivity contribution in [1.29, 1.82) is 0 Å². The van der Waals surface area contributed by atoms with Gasteiger partial charge in [-0.25, -0.2) is 9.11 Å². The number of hydrogen-bond donors (Lipinski definition) is 1. The lowest BCUT2D eigenvalue weighted by molar-refractivity contribution is 0.274. The van der Waals surface area contributed by atoms with E-state index in [0.29, 0.717) is 0 Å². The standard InChI is InChI=1S/C17H28FN3O2S/c1-20(2)17(14-8-7-9-15(18)12-14)13-19-24(22,23)21(3)16-10-5-4-6-11-16/h7-9,12,16-17,19H,4-6,10-11,13H2,1-3H3. The van der Waals surface area contributed by atoms with E-state index in [1.54, 1.807) is 13.1 Å². The van der Waals surface area contributed by atoms with Gasteiger partial charge in [-0.3, -0.25) is 0 Å². The van der Waals surface area contributed by atoms with E-state index in [2.05, 4.69) is 4.72 Å². The zero-order chi connectivity index (χ0) is 17.7. The van der Waals surface area contributed by atoms with Gasteiger partial charge in [-0.05, 0) is 44.6 Å². The third kappa shape index (κ3) is 4.99. The zero-order valence-electron chi connectivity index (χ0n) is 14.7. The molecule has 0 radical (unpaired) electrons. The van der Waals surface area contributed by atoms with Gasteiger partial charge in [0.15, 0.2) is 0 Å². The first-order valence-corrected chi connectivity index (χ1v) is 9.90. The van der Waals surface area contributed by atoms with E-state index in [9.17, 15) is 12.8 Å². The third-order valence-corrected chi connectivity index (χ3v) is 6.37. The normalized spacial score (nSPS) is 18.2. The molecule has 1 aromatic carbocycles. The lowest BCUT2D eigenvalue weighted by Gasteiger charge is -2.31. The summed E-state index contributed by atoms with van der Waals surface area (Å²) in [4.78, 5) is 1.89. The molecule has 1 aliphatic rings. The predicted octanol–water partition coefficient (Wildman–Crippen LogP) is 2.53. The molecule has 7 heteroatoms. The number of nitrogens with one attached hydrogen (secondary N) is 1. The fourth-order valence-corrected chi connectivity index (χ4v) is 4.41. The maximum absolute atomic E-state index is 13.5. The van der Waals surface area contributed by atoms with E-state index in [1.165, 1.54) is 22.9 Å². The van der Waals surface area contributed by atoms with E-state index < -0.39 is 10.2 Å². The van der Waals surface area contributed by atoms with Crippen LogP contribution in [-0.2, 0) is 10.2 Å². The predicted molar refractivity (Wildman–Crippen MR) is 94.4 cm³/mol. The largest absolute Gasteiger partial charge is 0.301 e. The molecule has 1 fully saturated rings. The summed E-state index contributed by atoms with van der Waals surface area (Å²) in [5, 5.41) is 0. The summed E-state index contributed by atoms with van der Waals surface area (Å²) < 4.78 is 42.8. The fraction of sp³-hybridized carbons (Fsp3) is 0.647. The van der Waals surface area contributed by atoms with E-state index in [0.717, 1.165) is 31.2 Å². The average molecular weight is 357 g/mol. The van der Waals surface area contributed by atoms with Crippen molar-refractivity contribution < 1.29 is 12.8 Å². The van der Waals surface area contributed by atoms with Crippen molar-refractivity contribution in [3.8, 4) is 0 Å². The van der Waals surface area contributed by atoms with E-state index >= 15 is 0 Å². The first-order valence-electron chi connectivity index (χ1n) is 8.46. The number of rotatable bonds is 7. The zero-order valence-corrected chi connectivity index (χ0v) is 15.5. The van der Waals surface area contributed by atoms with Crippen LogP contribution in [0.15, 0.2) is 24.3 Å². The monoisotopic (exact) mass is 357 g/mol. The summed E-state index contributed by atoms with van der Waals surface area (Å²) in [5.74, 6) is -0.318. The molecule has 136 valence electrons. The molecule has 1 aliphatic carbocycles. The quantitative estimate of drug-likeness (QED) is 0.816. The van der Waals surface area contributed by atoms with Crippen LogP contribution in [0.5, 0.6) is 0 Å². The Morgan fingerprint density at radius 1 is 1.21 bits per heavy atom. The molecule has 0 heterocycles. The van der Waals surface area contributed by atoms with Crippen molar-refractivity contribution in [2.45, 2.75) is 44.2 Å². The Kier molecular flexibility index (Phi) is 6.74. The molecule has 0 aliphatic heterocycles. The highest BCUT2D eigenvalue weighted by molar-refractivity contribution is 7.87. The molecule has 24 heavy (non-hydrogen) atoms. The first kappa shape index (κ1) is 19.3. The third-order valence-electron chi connectivity index (χ3n) is 4.78. The summed E-state index contributed by atoms with van der Waals surface area (Å²) in [5.41, 5.74) is 0.753. The minimum atomic E-state index is -3.54. The molecule has 0 saturated heterocycles. The summed E-state index contributed by atoms with van der Waals surface area (Å²) in [7, 11) is 1.81. The van der Waals surface area contributed by atoms with Crippen molar-refractivity contribution in [3.63, 3.8) is 0 Å². The Balaban J connectivity index is 2.05. The molecule has 2 rings (SSSR count). The topological polar surface area (TPSA) is 52.7 Å². The highest BCUT2D eigenvalue weighted by Crippen LogP contribution is 2.24. The lowest BCUT2D eigenvalue weighted by atomic mass is 9.96. The van der Waals surface area contributed by atoms with E-state index in [1.807, 2.05) is 25.1 Å². The van der Waals surface area contributed by atoms with Crippen molar-refractivity contribution in [3.05, 3.63) is 35.6 Å². The Morgan fingerprint density at radius 3 is 2.46 bits per heavy atom. The second kappa shape index (κ2) is 8.38. The van der Waals surface area contributed by atoms with Crippen LogP contribution in [-0.4, -0.2) is 51.4 Å². The van der Waals surface area contributed by atoms with Crippen LogP contribution in [0.3, 0.4) is 0 Å². The second-order valence-electron chi connectivity index (χ2n) is 6.70. The van der Waals surface area contributed by atoms with Gasteiger partial charge in [-0.2, -0.15) is 12.7 Å². The number of halogens is 1. The SMILES string of the molecule is CN(C)C(CNS(=O)(=O)N(C)C1CCCCC1)c1cccc(F)c1. The molecule has 0 amide bonds. The molecule has 0 aromatic heterocycles. The van der Waals surface area contributed by atoms with Gasteiger partial charge < -0.3 is 4.90 Å². The van der Waals surface area contributed by atoms with Gasteiger partial charge in [0.05, 0.1) is 0 Å². The van der Waals surface area contributed by atoms with E-state index in [4.69, 9.17) is 0 Å². The molecule has 1 atom stereocenters. The Bertz CT molecular complexity index is 630. The summed E-state index contributed by atoms with van der Waals surface area (Å²) in [6.45, 7) is 0.204. The van der Waals surface area contributed by atoms with Crippen LogP contribution in [0.2, 0.25) is 0 Å². The Morgan fingerprint density at radius 2 is 1.88 bits per heavy atom. The van der Waals surface area contributed by atoms with Gasteiger partial charge in [0.25, 0.3) is 10.2 Å². The first-order chi connectivity index (χ1) is 11.3. The highest BCUT2D eigenvalue weighted by Gasteiger charge is 2.28. The molecule has 1 unspecified atom stereocenters. The molecular formula is C17H28FN3O2S. The summed E-state index contributed by atoms with van der Waals surface area (Å²) in [6, 6.07) is 6.14. The van der Waals surface area contributed by atoms with Gasteiger partial charge in [-0.15, -0.1) is 0 Å². The molecular weight excluding hydrogens is 329 g/mol. The van der Waals surface area contributed by atoms with Gasteiger partial charge >= 0.3 is 0 Å². The van der Waals surface area contributed by atoms with Crippen LogP contribution in [0.25, 0.3) is 0 Å². The van der Waals surface area contributed by atoms with Gasteiger partial charge in [0, 0.05) is 25.7 Å². The van der Waals surface area contributed by atoms with Gasteiger partial charge in [0.1, 0.15) is 5.82 Å². The van der Waals surface area contributed by atoms with Gasteiger partial charge in [-0.1, -0.05) is 31.4 Å². The van der Waals surface area contributed by atoms with Crippen molar-refractivity contribution in [1.82, 2.24) is 13.9 Å². The molecule has 5 nitrogen and oxygen atoms in total. The smallest absolute Gasteiger partial charge is 0.279 e. The highest BCUT2D eigenvalue weighted by atomic mass is 32.2. The van der Waals surface area contributed by atoms with E-state index in [-0.39, 0.29) is 24.4 Å². The van der Waals surface area contributed by atoms with Crippen molar-refractivity contribution in [2.75, 3.05) is 27.7 Å². The van der Waals surface area contributed by atoms with Crippen molar-refractivity contribution >= 4 is 10.2 Å². The van der Waals surface area contributed by atoms with Crippen LogP contribution in [0, 0.1) is 5.82 Å². The second-order valence-corrected chi connectivity index (χ2v) is 8.51. The molecule has 0 spiro atoms. The van der Waals surface area contributed by atoms with Crippen LogP contribution in [0.4, 0.5) is 4.39 Å². The summed E-state index contributed by atoms with van der Waals surface area (Å²) >= 11 is 0. The Hall–Kier alpha value is -1.02. The minimum Gasteiger partial charge on any atom is -0.301 e. The van der Waals surface area contributed by atoms with Gasteiger partial charge in [0.2, 0.25) is 0 Å². The Labute approximate surface area is 145 Å². The van der Waals surface area contributed by atoms with Crippen LogP contribution >= 0.6 is 0 Å². The summed E-state index contributed by atoms with van der Waals surface area (Å²) in [6.07, 6.45) is 5.17. The molecule has 1 N–H and O–H groups in total. The van der Waals surface area contributed by atoms with Crippen LogP contribution in [0.1, 0.15) is 43.7 Å². The van der Waals surface area contributed by atoms with Crippen LogP contribution < -0.4 is 4.72 Å². The fourth-order valence-electron chi connectivity index (χ4n) is 3.24. The number of likely N-dealkylation sites (N-methyl/N-ethyl adjacent to an activating group) is 1. The number of nitrogens with zero attached hydrogens (tertiary/aromatic N) is 2. The maximum atomic E-state index is 13.5. The molecule has 0 bridgehead atoms. The minimum absolute atomic E-state index is 0.0724. The number of hydrogen-bond acceptors (Lipinski definition) is 3. The molecule has 1 aromatic rings. The van der Waals surface area contributed by atoms with Crippen molar-refractivity contribution in [2.24, 2.45) is 0 Å². The number of benzene rings is 1. The average Bonchev–Trinajstić information content (AvgIpc) is 2.55. The maximum Gasteiger partial charge on any atom is 0.279 e.